The number of rotatable bonds is 5. The summed E-state index contributed by atoms with van der Waals surface area (Å²) in [4.78, 5) is 10.7. The zero-order valence-corrected chi connectivity index (χ0v) is 10.2. The molecule has 1 rings (SSSR count). The Kier molecular flexibility index (Phi) is 4.77. The van der Waals surface area contributed by atoms with Gasteiger partial charge in [0, 0.05) is 6.42 Å². The molecule has 0 radical (unpaired) electrons. The lowest BCUT2D eigenvalue weighted by Gasteiger charge is -2.21. The average Bonchev–Trinajstić information content (AvgIpc) is 2.18. The average molecular weight is 232 g/mol. The van der Waals surface area contributed by atoms with Crippen LogP contribution in [0.2, 0.25) is 0 Å². The molecule has 1 aliphatic carbocycles. The van der Waals surface area contributed by atoms with E-state index in [1.54, 1.807) is 0 Å². The molecule has 0 aromatic heterocycles. The second kappa shape index (κ2) is 5.64. The van der Waals surface area contributed by atoms with Crippen molar-refractivity contribution in [3.05, 3.63) is 0 Å². The van der Waals surface area contributed by atoms with E-state index in [0.717, 1.165) is 25.7 Å². The molecule has 0 heterocycles. The van der Waals surface area contributed by atoms with Crippen LogP contribution in [0.1, 0.15) is 51.9 Å². The normalized spacial score (nSPS) is 19.0. The summed E-state index contributed by atoms with van der Waals surface area (Å²) in [5, 5.41) is -0.127. The molecule has 0 saturated heterocycles. The predicted molar refractivity (Wildman–Crippen MR) is 60.6 cm³/mol. The van der Waals surface area contributed by atoms with Crippen molar-refractivity contribution in [1.29, 1.82) is 0 Å². The van der Waals surface area contributed by atoms with Crippen LogP contribution in [0.5, 0.6) is 0 Å². The van der Waals surface area contributed by atoms with E-state index < -0.39 is 9.84 Å². The number of hydrogen-bond acceptors (Lipinski definition) is 3. The minimum absolute atomic E-state index is 0.0776. The van der Waals surface area contributed by atoms with Gasteiger partial charge in [0.2, 0.25) is 0 Å². The van der Waals surface area contributed by atoms with E-state index in [1.165, 1.54) is 13.3 Å². The van der Waals surface area contributed by atoms with Crippen LogP contribution in [0.15, 0.2) is 0 Å². The van der Waals surface area contributed by atoms with Crippen molar-refractivity contribution in [2.75, 3.05) is 5.75 Å². The van der Waals surface area contributed by atoms with Gasteiger partial charge in [0.15, 0.2) is 9.84 Å². The lowest BCUT2D eigenvalue weighted by molar-refractivity contribution is -0.117. The number of carbonyl (C=O) groups excluding carboxylic acids is 1. The fraction of sp³-hybridized carbons (Fsp3) is 0.909. The first kappa shape index (κ1) is 12.7. The third kappa shape index (κ3) is 4.33. The highest BCUT2D eigenvalue weighted by Gasteiger charge is 2.26. The SMILES string of the molecule is CC(=O)CCCS(=O)(=O)C1CCCCC1. The maximum atomic E-state index is 11.9. The molecule has 0 N–H and O–H groups in total. The van der Waals surface area contributed by atoms with Crippen LogP contribution in [0.4, 0.5) is 0 Å². The molecule has 0 atom stereocenters. The zero-order valence-electron chi connectivity index (χ0n) is 9.37. The molecule has 1 aliphatic rings. The molecule has 88 valence electrons. The van der Waals surface area contributed by atoms with Crippen molar-refractivity contribution in [3.63, 3.8) is 0 Å². The molecule has 0 unspecified atom stereocenters. The summed E-state index contributed by atoms with van der Waals surface area (Å²) >= 11 is 0. The molecular formula is C11H20O3S. The van der Waals surface area contributed by atoms with Crippen molar-refractivity contribution in [3.8, 4) is 0 Å². The Bertz CT molecular complexity index is 300. The zero-order chi connectivity index (χ0) is 11.3. The highest BCUT2D eigenvalue weighted by atomic mass is 32.2. The Hall–Kier alpha value is -0.380. The topological polar surface area (TPSA) is 51.2 Å². The van der Waals surface area contributed by atoms with Crippen LogP contribution < -0.4 is 0 Å². The number of carbonyl (C=O) groups is 1. The third-order valence-electron chi connectivity index (χ3n) is 3.02. The van der Waals surface area contributed by atoms with E-state index in [-0.39, 0.29) is 16.8 Å². The number of hydrogen-bond donors (Lipinski definition) is 0. The fourth-order valence-corrected chi connectivity index (χ4v) is 4.04. The molecule has 0 aromatic rings. The summed E-state index contributed by atoms with van der Waals surface area (Å²) in [6.45, 7) is 1.51. The van der Waals surface area contributed by atoms with Crippen LogP contribution in [-0.2, 0) is 14.6 Å². The second-order valence-corrected chi connectivity index (χ2v) is 6.83. The first-order valence-electron chi connectivity index (χ1n) is 5.73. The van der Waals surface area contributed by atoms with Crippen molar-refractivity contribution in [2.45, 2.75) is 57.1 Å². The number of ketones is 1. The summed E-state index contributed by atoms with van der Waals surface area (Å²) in [6, 6.07) is 0. The third-order valence-corrected chi connectivity index (χ3v) is 5.36. The summed E-state index contributed by atoms with van der Waals surface area (Å²) in [5.41, 5.74) is 0. The predicted octanol–water partition coefficient (Wildman–Crippen LogP) is 2.10. The highest BCUT2D eigenvalue weighted by molar-refractivity contribution is 7.92. The summed E-state index contributed by atoms with van der Waals surface area (Å²) in [7, 11) is -2.93. The van der Waals surface area contributed by atoms with Gasteiger partial charge < -0.3 is 4.79 Å². The maximum absolute atomic E-state index is 11.9. The first-order chi connectivity index (χ1) is 7.02. The first-order valence-corrected chi connectivity index (χ1v) is 7.45. The Balaban J connectivity index is 2.40. The summed E-state index contributed by atoms with van der Waals surface area (Å²) in [5.74, 6) is 0.269. The smallest absolute Gasteiger partial charge is 0.153 e. The minimum atomic E-state index is -2.93. The van der Waals surface area contributed by atoms with Gasteiger partial charge in [-0.2, -0.15) is 0 Å². The number of sulfone groups is 1. The van der Waals surface area contributed by atoms with Gasteiger partial charge in [-0.1, -0.05) is 19.3 Å². The van der Waals surface area contributed by atoms with Crippen molar-refractivity contribution in [1.82, 2.24) is 0 Å². The second-order valence-electron chi connectivity index (χ2n) is 4.43. The van der Waals surface area contributed by atoms with Gasteiger partial charge in [0.25, 0.3) is 0 Å². The van der Waals surface area contributed by atoms with E-state index >= 15 is 0 Å². The van der Waals surface area contributed by atoms with E-state index in [4.69, 9.17) is 0 Å². The fourth-order valence-electron chi connectivity index (χ4n) is 2.11. The van der Waals surface area contributed by atoms with Crippen LogP contribution >= 0.6 is 0 Å². The molecule has 15 heavy (non-hydrogen) atoms. The molecule has 0 amide bonds. The quantitative estimate of drug-likeness (QED) is 0.729. The minimum Gasteiger partial charge on any atom is -0.300 e. The Labute approximate surface area is 92.2 Å². The standard InChI is InChI=1S/C11H20O3S/c1-10(12)6-5-9-15(13,14)11-7-3-2-4-8-11/h11H,2-9H2,1H3. The van der Waals surface area contributed by atoms with Gasteiger partial charge in [-0.25, -0.2) is 8.42 Å². The van der Waals surface area contributed by atoms with Crippen molar-refractivity contribution in [2.24, 2.45) is 0 Å². The van der Waals surface area contributed by atoms with Crippen LogP contribution in [0.3, 0.4) is 0 Å². The molecular weight excluding hydrogens is 212 g/mol. The molecule has 1 saturated carbocycles. The summed E-state index contributed by atoms with van der Waals surface area (Å²) < 4.78 is 23.7. The lowest BCUT2D eigenvalue weighted by atomic mass is 10.0. The summed E-state index contributed by atoms with van der Waals surface area (Å²) in [6.07, 6.45) is 5.78. The molecule has 3 nitrogen and oxygen atoms in total. The Morgan fingerprint density at radius 1 is 1.20 bits per heavy atom. The van der Waals surface area contributed by atoms with Gasteiger partial charge in [0.05, 0.1) is 11.0 Å². The van der Waals surface area contributed by atoms with E-state index in [0.29, 0.717) is 12.8 Å². The van der Waals surface area contributed by atoms with Gasteiger partial charge in [-0.3, -0.25) is 0 Å². The van der Waals surface area contributed by atoms with E-state index in [1.807, 2.05) is 0 Å². The van der Waals surface area contributed by atoms with Gasteiger partial charge in [-0.05, 0) is 26.2 Å². The molecule has 0 aliphatic heterocycles. The highest BCUT2D eigenvalue weighted by Crippen LogP contribution is 2.24. The Morgan fingerprint density at radius 3 is 2.33 bits per heavy atom. The molecule has 0 bridgehead atoms. The molecule has 0 aromatic carbocycles. The van der Waals surface area contributed by atoms with Gasteiger partial charge in [0.1, 0.15) is 5.78 Å². The van der Waals surface area contributed by atoms with Crippen LogP contribution in [0, 0.1) is 0 Å². The maximum Gasteiger partial charge on any atom is 0.153 e. The molecule has 1 fully saturated rings. The van der Waals surface area contributed by atoms with E-state index in [2.05, 4.69) is 0 Å². The lowest BCUT2D eigenvalue weighted by Crippen LogP contribution is -2.26. The number of Topliss-reactive ketones (excluding diaryl/α,β-unsaturated/α-hetero) is 1. The largest absolute Gasteiger partial charge is 0.300 e. The van der Waals surface area contributed by atoms with Gasteiger partial charge >= 0.3 is 0 Å². The molecule has 4 heteroatoms. The van der Waals surface area contributed by atoms with Crippen molar-refractivity contribution < 1.29 is 13.2 Å². The van der Waals surface area contributed by atoms with Crippen molar-refractivity contribution >= 4 is 15.6 Å². The molecule has 0 spiro atoms. The van der Waals surface area contributed by atoms with Gasteiger partial charge in [-0.15, -0.1) is 0 Å². The monoisotopic (exact) mass is 232 g/mol. The van der Waals surface area contributed by atoms with E-state index in [9.17, 15) is 13.2 Å². The van der Waals surface area contributed by atoms with Crippen LogP contribution in [-0.4, -0.2) is 25.2 Å². The van der Waals surface area contributed by atoms with Crippen LogP contribution in [0.25, 0.3) is 0 Å². The Morgan fingerprint density at radius 2 is 1.80 bits per heavy atom.